The highest BCUT2D eigenvalue weighted by Gasteiger charge is 2.52. The Balaban J connectivity index is 1.97. The monoisotopic (exact) mass is 280 g/mol. The Labute approximate surface area is 118 Å². The molecule has 1 N–H and O–H groups in total. The first-order valence-electron chi connectivity index (χ1n) is 6.96. The van der Waals surface area contributed by atoms with Crippen molar-refractivity contribution in [3.8, 4) is 0 Å². The van der Waals surface area contributed by atoms with E-state index in [4.69, 9.17) is 9.84 Å². The lowest BCUT2D eigenvalue weighted by Crippen LogP contribution is -2.23. The van der Waals surface area contributed by atoms with Crippen LogP contribution in [0.25, 0.3) is 0 Å². The van der Waals surface area contributed by atoms with Crippen LogP contribution in [-0.4, -0.2) is 34.9 Å². The van der Waals surface area contributed by atoms with Crippen molar-refractivity contribution in [2.75, 3.05) is 0 Å². The van der Waals surface area contributed by atoms with E-state index < -0.39 is 17.7 Å². The van der Waals surface area contributed by atoms with Crippen LogP contribution in [0, 0.1) is 11.8 Å². The third-order valence-corrected chi connectivity index (χ3v) is 4.25. The molecule has 0 aromatic carbocycles. The molecule has 5 heteroatoms. The summed E-state index contributed by atoms with van der Waals surface area (Å²) in [5.41, 5.74) is 0.0490. The zero-order valence-electron chi connectivity index (χ0n) is 11.8. The number of epoxide rings is 1. The summed E-state index contributed by atoms with van der Waals surface area (Å²) >= 11 is 0. The second kappa shape index (κ2) is 5.48. The third kappa shape index (κ3) is 3.15. The molecule has 1 atom stereocenters. The summed E-state index contributed by atoms with van der Waals surface area (Å²) in [6, 6.07) is 0. The van der Waals surface area contributed by atoms with Crippen molar-refractivity contribution in [1.82, 2.24) is 0 Å². The molecule has 2 fully saturated rings. The van der Waals surface area contributed by atoms with Gasteiger partial charge in [-0.05, 0) is 57.1 Å². The molecule has 0 radical (unpaired) electrons. The first-order valence-corrected chi connectivity index (χ1v) is 6.96. The van der Waals surface area contributed by atoms with Gasteiger partial charge in [-0.15, -0.1) is 0 Å². The van der Waals surface area contributed by atoms with Gasteiger partial charge >= 0.3 is 5.97 Å². The summed E-state index contributed by atoms with van der Waals surface area (Å²) in [5.74, 6) is -1.27. The molecule has 0 unspecified atom stereocenters. The minimum atomic E-state index is -0.774. The van der Waals surface area contributed by atoms with Gasteiger partial charge in [-0.2, -0.15) is 0 Å². The number of aliphatic carboxylic acids is 1. The Morgan fingerprint density at radius 1 is 1.15 bits per heavy atom. The first kappa shape index (κ1) is 14.9. The number of ketones is 1. The van der Waals surface area contributed by atoms with Gasteiger partial charge in [-0.1, -0.05) is 0 Å². The van der Waals surface area contributed by atoms with Crippen molar-refractivity contribution < 1.29 is 24.2 Å². The van der Waals surface area contributed by atoms with E-state index >= 15 is 0 Å². The predicted molar refractivity (Wildman–Crippen MR) is 71.2 cm³/mol. The van der Waals surface area contributed by atoms with Gasteiger partial charge in [-0.3, -0.25) is 14.4 Å². The molecule has 1 aliphatic heterocycles. The van der Waals surface area contributed by atoms with Crippen LogP contribution in [0.2, 0.25) is 0 Å². The Morgan fingerprint density at radius 3 is 2.05 bits per heavy atom. The van der Waals surface area contributed by atoms with Crippen molar-refractivity contribution in [3.63, 3.8) is 0 Å². The second-order valence-electron chi connectivity index (χ2n) is 6.15. The molecule has 0 spiro atoms. The molecule has 5 nitrogen and oxygen atoms in total. The van der Waals surface area contributed by atoms with Crippen LogP contribution in [0.5, 0.6) is 0 Å². The maximum atomic E-state index is 12.0. The Bertz CT molecular complexity index is 455. The number of allylic oxidation sites excluding steroid dienone is 1. The van der Waals surface area contributed by atoms with E-state index in [0.717, 1.165) is 6.29 Å². The summed E-state index contributed by atoms with van der Waals surface area (Å²) in [4.78, 5) is 34.0. The Hall–Kier alpha value is -1.49. The molecule has 1 saturated heterocycles. The number of ether oxygens (including phenoxy) is 1. The molecule has 1 aliphatic carbocycles. The van der Waals surface area contributed by atoms with Gasteiger partial charge in [0, 0.05) is 0 Å². The maximum Gasteiger partial charge on any atom is 0.306 e. The molecular formula is C15H20O5. The smallest absolute Gasteiger partial charge is 0.306 e. The van der Waals surface area contributed by atoms with Gasteiger partial charge in [0.15, 0.2) is 5.78 Å². The fourth-order valence-electron chi connectivity index (χ4n) is 2.83. The molecule has 2 rings (SSSR count). The van der Waals surface area contributed by atoms with Crippen molar-refractivity contribution in [1.29, 1.82) is 0 Å². The molecular weight excluding hydrogens is 260 g/mol. The zero-order valence-corrected chi connectivity index (χ0v) is 11.8. The molecule has 1 saturated carbocycles. The molecule has 0 aromatic rings. The molecule has 20 heavy (non-hydrogen) atoms. The first-order chi connectivity index (χ1) is 9.35. The van der Waals surface area contributed by atoms with Crippen LogP contribution in [0.1, 0.15) is 39.5 Å². The number of carbonyl (C=O) groups is 3. The lowest BCUT2D eigenvalue weighted by atomic mass is 9.78. The fourth-order valence-corrected chi connectivity index (χ4v) is 2.83. The van der Waals surface area contributed by atoms with E-state index in [9.17, 15) is 14.4 Å². The van der Waals surface area contributed by atoms with Gasteiger partial charge in [-0.25, -0.2) is 0 Å². The van der Waals surface area contributed by atoms with Gasteiger partial charge in [0.1, 0.15) is 12.4 Å². The summed E-state index contributed by atoms with van der Waals surface area (Å²) in [7, 11) is 0. The average molecular weight is 280 g/mol. The van der Waals surface area contributed by atoms with Crippen molar-refractivity contribution in [2.24, 2.45) is 11.8 Å². The highest BCUT2D eigenvalue weighted by atomic mass is 16.6. The van der Waals surface area contributed by atoms with E-state index in [1.165, 1.54) is 6.08 Å². The normalized spacial score (nSPS) is 32.5. The number of hydrogen-bond donors (Lipinski definition) is 1. The minimum absolute atomic E-state index is 0.00564. The number of carbonyl (C=O) groups excluding carboxylic acids is 2. The van der Waals surface area contributed by atoms with Gasteiger partial charge in [0.25, 0.3) is 0 Å². The van der Waals surface area contributed by atoms with Crippen molar-refractivity contribution in [2.45, 2.75) is 51.2 Å². The van der Waals surface area contributed by atoms with E-state index in [1.807, 2.05) is 13.8 Å². The molecule has 0 bridgehead atoms. The maximum absolute atomic E-state index is 12.0. The minimum Gasteiger partial charge on any atom is -0.481 e. The standard InChI is InChI=1S/C15H20O5/c1-15(2)13(20-15)12(17)7-11(8-16)9-3-5-10(6-4-9)14(18)19/h7-10,13H,3-6H2,1-2H3,(H,18,19)/t9?,10?,13-/m0/s1. The highest BCUT2D eigenvalue weighted by molar-refractivity contribution is 6.00. The van der Waals surface area contributed by atoms with E-state index in [1.54, 1.807) is 0 Å². The Morgan fingerprint density at radius 2 is 1.65 bits per heavy atom. The van der Waals surface area contributed by atoms with E-state index in [-0.39, 0.29) is 17.6 Å². The van der Waals surface area contributed by atoms with Gasteiger partial charge < -0.3 is 9.84 Å². The number of carboxylic acid groups (broad SMARTS) is 1. The highest BCUT2D eigenvalue weighted by Crippen LogP contribution is 2.37. The quantitative estimate of drug-likeness (QED) is 0.471. The van der Waals surface area contributed by atoms with Crippen molar-refractivity contribution >= 4 is 18.0 Å². The lowest BCUT2D eigenvalue weighted by molar-refractivity contribution is -0.143. The summed E-state index contributed by atoms with van der Waals surface area (Å²) < 4.78 is 5.26. The molecule has 1 heterocycles. The zero-order chi connectivity index (χ0) is 14.9. The predicted octanol–water partition coefficient (Wildman–Crippen LogP) is 1.75. The van der Waals surface area contributed by atoms with E-state index in [0.29, 0.717) is 31.3 Å². The second-order valence-corrected chi connectivity index (χ2v) is 6.15. The SMILES string of the molecule is CC1(C)O[C@H]1C(=O)C=C(C=O)C1CCC(C(=O)O)CC1. The van der Waals surface area contributed by atoms with Crippen LogP contribution in [-0.2, 0) is 19.1 Å². The molecule has 110 valence electrons. The average Bonchev–Trinajstić information content (AvgIpc) is 3.05. The van der Waals surface area contributed by atoms with Gasteiger partial charge in [0.2, 0.25) is 0 Å². The molecule has 0 aromatic heterocycles. The van der Waals surface area contributed by atoms with Crippen LogP contribution in [0.3, 0.4) is 0 Å². The summed E-state index contributed by atoms with van der Waals surface area (Å²) in [6.45, 7) is 3.67. The number of rotatable bonds is 5. The fraction of sp³-hybridized carbons (Fsp3) is 0.667. The molecule has 0 amide bonds. The number of aldehydes is 1. The van der Waals surface area contributed by atoms with Crippen LogP contribution in [0.4, 0.5) is 0 Å². The topological polar surface area (TPSA) is 84.0 Å². The van der Waals surface area contributed by atoms with Crippen LogP contribution < -0.4 is 0 Å². The number of carboxylic acids is 1. The van der Waals surface area contributed by atoms with Crippen LogP contribution >= 0.6 is 0 Å². The van der Waals surface area contributed by atoms with Crippen molar-refractivity contribution in [3.05, 3.63) is 11.6 Å². The van der Waals surface area contributed by atoms with Gasteiger partial charge in [0.05, 0.1) is 11.5 Å². The summed E-state index contributed by atoms with van der Waals surface area (Å²) in [6.07, 6.45) is 4.06. The van der Waals surface area contributed by atoms with Crippen LogP contribution in [0.15, 0.2) is 11.6 Å². The lowest BCUT2D eigenvalue weighted by Gasteiger charge is -2.26. The molecule has 2 aliphatic rings. The Kier molecular flexibility index (Phi) is 4.09. The third-order valence-electron chi connectivity index (χ3n) is 4.25. The summed E-state index contributed by atoms with van der Waals surface area (Å²) in [5, 5.41) is 8.95. The largest absolute Gasteiger partial charge is 0.481 e. The van der Waals surface area contributed by atoms with E-state index in [2.05, 4.69) is 0 Å². The number of hydrogen-bond acceptors (Lipinski definition) is 4.